The molecule has 0 aliphatic heterocycles. The highest BCUT2D eigenvalue weighted by molar-refractivity contribution is 7.09. The molecule has 22 heavy (non-hydrogen) atoms. The van der Waals surface area contributed by atoms with Crippen molar-refractivity contribution in [2.24, 2.45) is 5.92 Å². The molecule has 4 heteroatoms. The average Bonchev–Trinajstić information content (AvgIpc) is 3.19. The molecule has 2 unspecified atom stereocenters. The maximum absolute atomic E-state index is 12.6. The van der Waals surface area contributed by atoms with Gasteiger partial charge in [0.2, 0.25) is 5.91 Å². The van der Waals surface area contributed by atoms with Crippen molar-refractivity contribution >= 4 is 17.2 Å². The summed E-state index contributed by atoms with van der Waals surface area (Å²) in [6.45, 7) is 4.82. The second-order valence-corrected chi connectivity index (χ2v) is 7.09. The van der Waals surface area contributed by atoms with Crippen molar-refractivity contribution in [2.75, 3.05) is 7.05 Å². The zero-order valence-corrected chi connectivity index (χ0v) is 14.2. The largest absolute Gasteiger partial charge is 0.340 e. The van der Waals surface area contributed by atoms with Gasteiger partial charge in [-0.15, -0.1) is 11.3 Å². The monoisotopic (exact) mass is 314 g/mol. The van der Waals surface area contributed by atoms with Gasteiger partial charge in [-0.25, -0.2) is 4.98 Å². The van der Waals surface area contributed by atoms with E-state index in [1.165, 1.54) is 11.1 Å². The molecule has 2 aromatic rings. The summed E-state index contributed by atoms with van der Waals surface area (Å²) in [6.07, 6.45) is 1.93. The van der Waals surface area contributed by atoms with E-state index in [0.717, 1.165) is 23.5 Å². The summed E-state index contributed by atoms with van der Waals surface area (Å²) in [7, 11) is 1.89. The number of aromatic nitrogens is 1. The van der Waals surface area contributed by atoms with Crippen LogP contribution >= 0.6 is 11.3 Å². The third-order valence-electron chi connectivity index (χ3n) is 4.26. The third kappa shape index (κ3) is 3.22. The molecule has 1 aliphatic carbocycles. The fourth-order valence-corrected chi connectivity index (χ4v) is 3.66. The molecule has 1 heterocycles. The smallest absolute Gasteiger partial charge is 0.226 e. The molecule has 116 valence electrons. The van der Waals surface area contributed by atoms with Gasteiger partial charge in [-0.3, -0.25) is 4.79 Å². The maximum Gasteiger partial charge on any atom is 0.226 e. The van der Waals surface area contributed by atoms with Crippen molar-refractivity contribution in [3.05, 3.63) is 51.5 Å². The Balaban J connectivity index is 1.60. The van der Waals surface area contributed by atoms with Gasteiger partial charge >= 0.3 is 0 Å². The Hall–Kier alpha value is -1.68. The molecule has 3 rings (SSSR count). The van der Waals surface area contributed by atoms with E-state index in [0.29, 0.717) is 12.5 Å². The number of carbonyl (C=O) groups excluding carboxylic acids is 1. The number of carbonyl (C=O) groups is 1. The second kappa shape index (κ2) is 6.21. The molecule has 0 bridgehead atoms. The van der Waals surface area contributed by atoms with Gasteiger partial charge in [-0.2, -0.15) is 0 Å². The van der Waals surface area contributed by atoms with Crippen molar-refractivity contribution in [2.45, 2.75) is 39.2 Å². The molecule has 2 atom stereocenters. The van der Waals surface area contributed by atoms with E-state index in [2.05, 4.69) is 48.5 Å². The Morgan fingerprint density at radius 2 is 2.27 bits per heavy atom. The van der Waals surface area contributed by atoms with E-state index in [9.17, 15) is 4.79 Å². The number of rotatable bonds is 5. The number of nitrogens with zero attached hydrogens (tertiary/aromatic N) is 2. The number of benzene rings is 1. The van der Waals surface area contributed by atoms with E-state index < -0.39 is 0 Å². The Morgan fingerprint density at radius 3 is 2.95 bits per heavy atom. The lowest BCUT2D eigenvalue weighted by Gasteiger charge is -2.16. The summed E-state index contributed by atoms with van der Waals surface area (Å²) in [5.41, 5.74) is 3.57. The molecule has 0 radical (unpaired) electrons. The first-order valence-corrected chi connectivity index (χ1v) is 8.71. The van der Waals surface area contributed by atoms with Gasteiger partial charge in [0.05, 0.1) is 17.2 Å². The van der Waals surface area contributed by atoms with Crippen LogP contribution in [0.5, 0.6) is 0 Å². The number of hydrogen-bond acceptors (Lipinski definition) is 3. The molecule has 1 fully saturated rings. The Bertz CT molecular complexity index is 679. The highest BCUT2D eigenvalue weighted by atomic mass is 32.1. The van der Waals surface area contributed by atoms with Crippen LogP contribution < -0.4 is 0 Å². The van der Waals surface area contributed by atoms with Crippen LogP contribution in [0.1, 0.15) is 41.1 Å². The summed E-state index contributed by atoms with van der Waals surface area (Å²) >= 11 is 1.68. The number of aryl methyl sites for hydroxylation is 2. The van der Waals surface area contributed by atoms with Gasteiger partial charge in [0.1, 0.15) is 0 Å². The summed E-state index contributed by atoms with van der Waals surface area (Å²) in [4.78, 5) is 18.9. The van der Waals surface area contributed by atoms with E-state index in [1.807, 2.05) is 11.9 Å². The lowest BCUT2D eigenvalue weighted by atomic mass is 10.1. The van der Waals surface area contributed by atoms with E-state index >= 15 is 0 Å². The fourth-order valence-electron chi connectivity index (χ4n) is 2.92. The van der Waals surface area contributed by atoms with Gasteiger partial charge in [-0.05, 0) is 31.2 Å². The predicted molar refractivity (Wildman–Crippen MR) is 90.0 cm³/mol. The van der Waals surface area contributed by atoms with Gasteiger partial charge < -0.3 is 4.90 Å². The fraction of sp³-hybridized carbons (Fsp3) is 0.444. The van der Waals surface area contributed by atoms with Gasteiger partial charge in [0, 0.05) is 18.3 Å². The van der Waals surface area contributed by atoms with Gasteiger partial charge in [-0.1, -0.05) is 36.8 Å². The van der Waals surface area contributed by atoms with Crippen molar-refractivity contribution in [1.82, 2.24) is 9.88 Å². The standard InChI is InChI=1S/C18H22N2OS/c1-4-17-19-14(11-22-17)10-20(3)18(21)16-9-15(16)13-7-5-6-12(2)8-13/h5-8,11,15-16H,4,9-10H2,1-3H3. The molecule has 0 N–H and O–H groups in total. The van der Waals surface area contributed by atoms with Crippen molar-refractivity contribution in [3.63, 3.8) is 0 Å². The molecular weight excluding hydrogens is 292 g/mol. The zero-order chi connectivity index (χ0) is 15.7. The first kappa shape index (κ1) is 15.2. The lowest BCUT2D eigenvalue weighted by Crippen LogP contribution is -2.28. The molecule has 0 saturated heterocycles. The Morgan fingerprint density at radius 1 is 1.45 bits per heavy atom. The van der Waals surface area contributed by atoms with Crippen molar-refractivity contribution in [1.29, 1.82) is 0 Å². The summed E-state index contributed by atoms with van der Waals surface area (Å²) in [6, 6.07) is 8.52. The normalized spacial score (nSPS) is 20.0. The SMILES string of the molecule is CCc1nc(CN(C)C(=O)C2CC2c2cccc(C)c2)cs1. The van der Waals surface area contributed by atoms with Crippen LogP contribution in [0.2, 0.25) is 0 Å². The van der Waals surface area contributed by atoms with Gasteiger partial charge in [0.15, 0.2) is 0 Å². The van der Waals surface area contributed by atoms with Crippen LogP contribution in [0.25, 0.3) is 0 Å². The zero-order valence-electron chi connectivity index (χ0n) is 13.4. The topological polar surface area (TPSA) is 33.2 Å². The Labute approximate surface area is 136 Å². The van der Waals surface area contributed by atoms with E-state index in [4.69, 9.17) is 0 Å². The highest BCUT2D eigenvalue weighted by Crippen LogP contribution is 2.48. The summed E-state index contributed by atoms with van der Waals surface area (Å²) < 4.78 is 0. The lowest BCUT2D eigenvalue weighted by molar-refractivity contribution is -0.131. The first-order chi connectivity index (χ1) is 10.6. The molecule has 1 saturated carbocycles. The van der Waals surface area contributed by atoms with Crippen LogP contribution in [-0.4, -0.2) is 22.8 Å². The van der Waals surface area contributed by atoms with Crippen molar-refractivity contribution < 1.29 is 4.79 Å². The molecule has 3 nitrogen and oxygen atoms in total. The second-order valence-electron chi connectivity index (χ2n) is 6.14. The number of amides is 1. The van der Waals surface area contributed by atoms with Crippen LogP contribution in [0, 0.1) is 12.8 Å². The third-order valence-corrected chi connectivity index (χ3v) is 5.30. The highest BCUT2D eigenvalue weighted by Gasteiger charge is 2.45. The molecular formula is C18H22N2OS. The van der Waals surface area contributed by atoms with Crippen LogP contribution in [0.4, 0.5) is 0 Å². The molecule has 0 spiro atoms. The molecule has 1 aliphatic rings. The van der Waals surface area contributed by atoms with Gasteiger partial charge in [0.25, 0.3) is 0 Å². The van der Waals surface area contributed by atoms with Crippen LogP contribution in [0.15, 0.2) is 29.6 Å². The summed E-state index contributed by atoms with van der Waals surface area (Å²) in [5, 5.41) is 3.20. The Kier molecular flexibility index (Phi) is 4.30. The van der Waals surface area contributed by atoms with E-state index in [-0.39, 0.29) is 11.8 Å². The number of thiazole rings is 1. The maximum atomic E-state index is 12.6. The minimum atomic E-state index is 0.149. The minimum absolute atomic E-state index is 0.149. The molecule has 1 aromatic carbocycles. The molecule has 1 amide bonds. The van der Waals surface area contributed by atoms with Crippen LogP contribution in [-0.2, 0) is 17.8 Å². The van der Waals surface area contributed by atoms with Crippen LogP contribution in [0.3, 0.4) is 0 Å². The van der Waals surface area contributed by atoms with E-state index in [1.54, 1.807) is 11.3 Å². The predicted octanol–water partition coefficient (Wildman–Crippen LogP) is 3.78. The summed E-state index contributed by atoms with van der Waals surface area (Å²) in [5.74, 6) is 0.796. The first-order valence-electron chi connectivity index (χ1n) is 7.83. The average molecular weight is 314 g/mol. The number of hydrogen-bond donors (Lipinski definition) is 0. The quantitative estimate of drug-likeness (QED) is 0.841. The minimum Gasteiger partial charge on any atom is -0.340 e. The molecule has 1 aromatic heterocycles. The van der Waals surface area contributed by atoms with Crippen molar-refractivity contribution in [3.8, 4) is 0 Å².